The molecule has 124 valence electrons. The molecule has 1 aromatic heterocycles. The number of aromatic nitrogens is 1. The summed E-state index contributed by atoms with van der Waals surface area (Å²) in [5.74, 6) is 0.384. The van der Waals surface area contributed by atoms with Crippen LogP contribution in [0.4, 0.5) is 5.69 Å². The van der Waals surface area contributed by atoms with Crippen molar-refractivity contribution in [3.63, 3.8) is 0 Å². The van der Waals surface area contributed by atoms with Crippen LogP contribution >= 0.6 is 0 Å². The van der Waals surface area contributed by atoms with E-state index in [1.165, 1.54) is 0 Å². The van der Waals surface area contributed by atoms with Crippen LogP contribution in [0.25, 0.3) is 0 Å². The fourth-order valence-electron chi connectivity index (χ4n) is 2.63. The second-order valence-corrected chi connectivity index (χ2v) is 5.50. The van der Waals surface area contributed by atoms with Gasteiger partial charge in [-0.1, -0.05) is 6.07 Å². The molecule has 0 bridgehead atoms. The van der Waals surface area contributed by atoms with Gasteiger partial charge in [0.05, 0.1) is 6.61 Å². The van der Waals surface area contributed by atoms with Crippen molar-refractivity contribution in [3.8, 4) is 5.88 Å². The third kappa shape index (κ3) is 3.53. The fraction of sp³-hybridized carbons (Fsp3) is 0.278. The molecular weight excluding hydrogens is 306 g/mol. The van der Waals surface area contributed by atoms with Crippen LogP contribution in [-0.4, -0.2) is 23.4 Å². The molecular formula is C18H19N3O3. The van der Waals surface area contributed by atoms with Crippen LogP contribution in [0.2, 0.25) is 0 Å². The fourth-order valence-corrected chi connectivity index (χ4v) is 2.63. The number of hydrogen-bond donors (Lipinski definition) is 2. The van der Waals surface area contributed by atoms with Crippen LogP contribution in [0, 0.1) is 0 Å². The van der Waals surface area contributed by atoms with Crippen molar-refractivity contribution in [2.75, 3.05) is 11.9 Å². The third-order valence-electron chi connectivity index (χ3n) is 3.83. The minimum Gasteiger partial charge on any atom is -0.478 e. The Morgan fingerprint density at radius 3 is 3.04 bits per heavy atom. The first-order chi connectivity index (χ1) is 11.7. The van der Waals surface area contributed by atoms with E-state index in [2.05, 4.69) is 15.6 Å². The van der Waals surface area contributed by atoms with Gasteiger partial charge in [-0.2, -0.15) is 0 Å². The van der Waals surface area contributed by atoms with Gasteiger partial charge in [0.15, 0.2) is 0 Å². The lowest BCUT2D eigenvalue weighted by Gasteiger charge is -2.17. The Morgan fingerprint density at radius 1 is 1.33 bits per heavy atom. The van der Waals surface area contributed by atoms with Crippen LogP contribution < -0.4 is 15.4 Å². The predicted molar refractivity (Wildman–Crippen MR) is 90.0 cm³/mol. The number of rotatable bonds is 5. The molecule has 2 N–H and O–H groups in total. The molecule has 1 aliphatic heterocycles. The normalized spacial score (nSPS) is 13.0. The Balaban J connectivity index is 1.69. The predicted octanol–water partition coefficient (Wildman–Crippen LogP) is 2.29. The van der Waals surface area contributed by atoms with Crippen LogP contribution in [-0.2, 0) is 17.8 Å². The number of aryl methyl sites for hydroxylation is 1. The zero-order valence-electron chi connectivity index (χ0n) is 13.5. The van der Waals surface area contributed by atoms with Gasteiger partial charge in [0.1, 0.15) is 0 Å². The molecule has 2 heterocycles. The topological polar surface area (TPSA) is 80.3 Å². The zero-order chi connectivity index (χ0) is 16.9. The van der Waals surface area contributed by atoms with Gasteiger partial charge >= 0.3 is 0 Å². The number of ether oxygens (including phenoxy) is 1. The van der Waals surface area contributed by atoms with Gasteiger partial charge < -0.3 is 15.4 Å². The van der Waals surface area contributed by atoms with E-state index >= 15 is 0 Å². The van der Waals surface area contributed by atoms with Crippen molar-refractivity contribution >= 4 is 17.5 Å². The summed E-state index contributed by atoms with van der Waals surface area (Å²) < 4.78 is 5.46. The molecule has 0 fully saturated rings. The van der Waals surface area contributed by atoms with E-state index in [1.807, 2.05) is 25.1 Å². The zero-order valence-corrected chi connectivity index (χ0v) is 13.5. The number of nitrogens with one attached hydrogen (secondary N) is 2. The summed E-state index contributed by atoms with van der Waals surface area (Å²) in [5, 5.41) is 5.69. The smallest absolute Gasteiger partial charge is 0.251 e. The van der Waals surface area contributed by atoms with Crippen molar-refractivity contribution in [1.29, 1.82) is 0 Å². The van der Waals surface area contributed by atoms with Crippen LogP contribution in [0.1, 0.15) is 34.8 Å². The number of nitrogens with zero attached hydrogens (tertiary/aromatic N) is 1. The molecule has 1 aromatic carbocycles. The molecule has 0 radical (unpaired) electrons. The first-order valence-electron chi connectivity index (χ1n) is 7.95. The summed E-state index contributed by atoms with van der Waals surface area (Å²) >= 11 is 0. The van der Waals surface area contributed by atoms with Crippen LogP contribution in [0.3, 0.4) is 0 Å². The highest BCUT2D eigenvalue weighted by Gasteiger charge is 2.16. The maximum atomic E-state index is 12.4. The Labute approximate surface area is 140 Å². The maximum absolute atomic E-state index is 12.4. The summed E-state index contributed by atoms with van der Waals surface area (Å²) in [6.45, 7) is 2.76. The molecule has 1 aliphatic rings. The van der Waals surface area contributed by atoms with E-state index in [0.717, 1.165) is 16.8 Å². The van der Waals surface area contributed by atoms with Gasteiger partial charge in [-0.25, -0.2) is 4.98 Å². The number of benzene rings is 1. The van der Waals surface area contributed by atoms with Crippen LogP contribution in [0.5, 0.6) is 5.88 Å². The minimum atomic E-state index is -0.166. The molecule has 0 unspecified atom stereocenters. The van der Waals surface area contributed by atoms with Crippen molar-refractivity contribution in [2.45, 2.75) is 26.3 Å². The lowest BCUT2D eigenvalue weighted by Crippen LogP contribution is -2.24. The van der Waals surface area contributed by atoms with E-state index in [9.17, 15) is 9.59 Å². The van der Waals surface area contributed by atoms with E-state index in [4.69, 9.17) is 4.74 Å². The number of pyridine rings is 1. The molecule has 3 rings (SSSR count). The van der Waals surface area contributed by atoms with E-state index in [0.29, 0.717) is 37.4 Å². The second kappa shape index (κ2) is 7.12. The first-order valence-corrected chi connectivity index (χ1v) is 7.95. The monoisotopic (exact) mass is 325 g/mol. The highest BCUT2D eigenvalue weighted by Crippen LogP contribution is 2.23. The van der Waals surface area contributed by atoms with Crippen molar-refractivity contribution in [2.24, 2.45) is 0 Å². The highest BCUT2D eigenvalue weighted by molar-refractivity contribution is 5.97. The standard InChI is InChI=1S/C18H19N3O3/c1-2-24-18-14(4-3-9-19-18)11-20-17(23)13-5-7-15-12(10-13)6-8-16(22)21-15/h3-5,7,9-10H,2,6,8,11H2,1H3,(H,20,23)(H,21,22). The number of amides is 2. The van der Waals surface area contributed by atoms with E-state index in [-0.39, 0.29) is 11.8 Å². The molecule has 0 atom stereocenters. The maximum Gasteiger partial charge on any atom is 0.251 e. The molecule has 0 spiro atoms. The molecule has 0 aliphatic carbocycles. The summed E-state index contributed by atoms with van der Waals surface area (Å²) in [6, 6.07) is 9.01. The van der Waals surface area contributed by atoms with E-state index < -0.39 is 0 Å². The van der Waals surface area contributed by atoms with Gasteiger partial charge in [-0.05, 0) is 43.2 Å². The van der Waals surface area contributed by atoms with E-state index in [1.54, 1.807) is 18.3 Å². The minimum absolute atomic E-state index is 0.0136. The lowest BCUT2D eigenvalue weighted by molar-refractivity contribution is -0.116. The van der Waals surface area contributed by atoms with Gasteiger partial charge in [-0.15, -0.1) is 0 Å². The van der Waals surface area contributed by atoms with Crippen molar-refractivity contribution in [1.82, 2.24) is 10.3 Å². The molecule has 0 saturated heterocycles. The molecule has 24 heavy (non-hydrogen) atoms. The van der Waals surface area contributed by atoms with Gasteiger partial charge in [-0.3, -0.25) is 9.59 Å². The largest absolute Gasteiger partial charge is 0.478 e. The average Bonchev–Trinajstić information content (AvgIpc) is 2.60. The number of carbonyl (C=O) groups is 2. The summed E-state index contributed by atoms with van der Waals surface area (Å²) in [4.78, 5) is 27.9. The number of hydrogen-bond acceptors (Lipinski definition) is 4. The molecule has 2 aromatic rings. The average molecular weight is 325 g/mol. The molecule has 6 nitrogen and oxygen atoms in total. The van der Waals surface area contributed by atoms with Gasteiger partial charge in [0.25, 0.3) is 5.91 Å². The van der Waals surface area contributed by atoms with Crippen molar-refractivity contribution in [3.05, 3.63) is 53.2 Å². The number of anilines is 1. The van der Waals surface area contributed by atoms with Crippen molar-refractivity contribution < 1.29 is 14.3 Å². The van der Waals surface area contributed by atoms with Gasteiger partial charge in [0.2, 0.25) is 11.8 Å². The summed E-state index contributed by atoms with van der Waals surface area (Å²) in [7, 11) is 0. The lowest BCUT2D eigenvalue weighted by atomic mass is 10.00. The Kier molecular flexibility index (Phi) is 4.74. The quantitative estimate of drug-likeness (QED) is 0.884. The Morgan fingerprint density at radius 2 is 2.21 bits per heavy atom. The molecule has 2 amide bonds. The molecule has 0 saturated carbocycles. The second-order valence-electron chi connectivity index (χ2n) is 5.50. The third-order valence-corrected chi connectivity index (χ3v) is 3.83. The Bertz CT molecular complexity index is 774. The summed E-state index contributed by atoms with van der Waals surface area (Å²) in [6.07, 6.45) is 2.76. The highest BCUT2D eigenvalue weighted by atomic mass is 16.5. The first kappa shape index (κ1) is 16.0. The SMILES string of the molecule is CCOc1ncccc1CNC(=O)c1ccc2c(c1)CCC(=O)N2. The number of fused-ring (bicyclic) bond motifs is 1. The molecule has 6 heteroatoms. The van der Waals surface area contributed by atoms with Gasteiger partial charge in [0, 0.05) is 36.0 Å². The summed E-state index contributed by atoms with van der Waals surface area (Å²) in [5.41, 5.74) is 3.18. The van der Waals surface area contributed by atoms with Crippen LogP contribution in [0.15, 0.2) is 36.5 Å². The number of carbonyl (C=O) groups excluding carboxylic acids is 2. The Hall–Kier alpha value is -2.89.